The average Bonchev–Trinajstić information content (AvgIpc) is 2.18. The van der Waals surface area contributed by atoms with Crippen molar-refractivity contribution >= 4 is 0 Å². The molecule has 1 aliphatic rings. The van der Waals surface area contributed by atoms with E-state index in [1.165, 1.54) is 19.5 Å². The number of rotatable bonds is 3. The van der Waals surface area contributed by atoms with Crippen LogP contribution in [0.15, 0.2) is 0 Å². The Hall–Kier alpha value is -0.520. The fourth-order valence-electron chi connectivity index (χ4n) is 2.20. The maximum atomic E-state index is 3.39. The quantitative estimate of drug-likeness (QED) is 0.682. The third-order valence-electron chi connectivity index (χ3n) is 3.09. The van der Waals surface area contributed by atoms with Gasteiger partial charge in [-0.25, -0.2) is 0 Å². The van der Waals surface area contributed by atoms with E-state index in [1.54, 1.807) is 0 Å². The minimum Gasteiger partial charge on any atom is -0.317 e. The van der Waals surface area contributed by atoms with Gasteiger partial charge in [0.1, 0.15) is 0 Å². The van der Waals surface area contributed by atoms with Crippen LogP contribution in [0.1, 0.15) is 26.7 Å². The third kappa shape index (κ3) is 3.32. The Morgan fingerprint density at radius 2 is 2.29 bits per heavy atom. The van der Waals surface area contributed by atoms with Crippen LogP contribution in [0.2, 0.25) is 0 Å². The van der Waals surface area contributed by atoms with E-state index in [0.29, 0.717) is 6.04 Å². The summed E-state index contributed by atoms with van der Waals surface area (Å²) in [6.07, 6.45) is 2.30. The molecule has 1 saturated heterocycles. The van der Waals surface area contributed by atoms with E-state index in [4.69, 9.17) is 0 Å². The van der Waals surface area contributed by atoms with Gasteiger partial charge in [-0.15, -0.1) is 11.8 Å². The zero-order valence-electron chi connectivity index (χ0n) is 9.64. The molecule has 1 rings (SSSR count). The van der Waals surface area contributed by atoms with Crippen LogP contribution in [0.4, 0.5) is 0 Å². The Kier molecular flexibility index (Phi) is 5.00. The summed E-state index contributed by atoms with van der Waals surface area (Å²) in [5.41, 5.74) is 0. The van der Waals surface area contributed by atoms with E-state index in [1.807, 2.05) is 6.92 Å². The SMILES string of the molecule is CC#CCCN1CCC(NC)C(C)C1. The van der Waals surface area contributed by atoms with Gasteiger partial charge in [0.15, 0.2) is 0 Å². The first-order valence-corrected chi connectivity index (χ1v) is 5.57. The summed E-state index contributed by atoms with van der Waals surface area (Å²) in [6.45, 7) is 7.83. The molecule has 0 saturated carbocycles. The normalized spacial score (nSPS) is 28.2. The molecule has 1 aliphatic heterocycles. The molecule has 2 nitrogen and oxygen atoms in total. The molecule has 0 aromatic heterocycles. The monoisotopic (exact) mass is 194 g/mol. The second-order valence-electron chi connectivity index (χ2n) is 4.14. The van der Waals surface area contributed by atoms with Crippen molar-refractivity contribution in [1.82, 2.24) is 10.2 Å². The Labute approximate surface area is 88.1 Å². The molecular weight excluding hydrogens is 172 g/mol. The van der Waals surface area contributed by atoms with Gasteiger partial charge in [-0.2, -0.15) is 0 Å². The highest BCUT2D eigenvalue weighted by Crippen LogP contribution is 2.16. The number of likely N-dealkylation sites (tertiary alicyclic amines) is 1. The summed E-state index contributed by atoms with van der Waals surface area (Å²) in [5, 5.41) is 3.39. The van der Waals surface area contributed by atoms with Crippen molar-refractivity contribution in [3.63, 3.8) is 0 Å². The second kappa shape index (κ2) is 6.06. The zero-order chi connectivity index (χ0) is 10.4. The lowest BCUT2D eigenvalue weighted by Gasteiger charge is -2.36. The standard InChI is InChI=1S/C12H22N2/c1-4-5-6-8-14-9-7-12(13-3)11(2)10-14/h11-13H,6-10H2,1-3H3. The Morgan fingerprint density at radius 3 is 2.86 bits per heavy atom. The van der Waals surface area contributed by atoms with Crippen LogP contribution in [0.25, 0.3) is 0 Å². The van der Waals surface area contributed by atoms with Crippen LogP contribution >= 0.6 is 0 Å². The maximum Gasteiger partial charge on any atom is 0.0216 e. The molecule has 0 amide bonds. The maximum absolute atomic E-state index is 3.39. The highest BCUT2D eigenvalue weighted by Gasteiger charge is 2.23. The van der Waals surface area contributed by atoms with Crippen molar-refractivity contribution in [2.75, 3.05) is 26.7 Å². The molecule has 2 atom stereocenters. The second-order valence-corrected chi connectivity index (χ2v) is 4.14. The van der Waals surface area contributed by atoms with Crippen molar-refractivity contribution in [3.8, 4) is 11.8 Å². The lowest BCUT2D eigenvalue weighted by Crippen LogP contribution is -2.47. The molecule has 14 heavy (non-hydrogen) atoms. The first kappa shape index (κ1) is 11.6. The van der Waals surface area contributed by atoms with E-state index in [2.05, 4.69) is 36.0 Å². The predicted molar refractivity (Wildman–Crippen MR) is 61.1 cm³/mol. The summed E-state index contributed by atoms with van der Waals surface area (Å²) >= 11 is 0. The Morgan fingerprint density at radius 1 is 1.50 bits per heavy atom. The topological polar surface area (TPSA) is 15.3 Å². The molecule has 0 radical (unpaired) electrons. The Balaban J connectivity index is 2.26. The molecule has 0 spiro atoms. The summed E-state index contributed by atoms with van der Waals surface area (Å²) < 4.78 is 0. The highest BCUT2D eigenvalue weighted by atomic mass is 15.1. The predicted octanol–water partition coefficient (Wildman–Crippen LogP) is 1.33. The van der Waals surface area contributed by atoms with E-state index in [9.17, 15) is 0 Å². The van der Waals surface area contributed by atoms with Gasteiger partial charge >= 0.3 is 0 Å². The Bertz CT molecular complexity index is 214. The molecule has 2 heteroatoms. The minimum absolute atomic E-state index is 0.712. The summed E-state index contributed by atoms with van der Waals surface area (Å²) in [5.74, 6) is 6.84. The van der Waals surface area contributed by atoms with Crippen LogP contribution in [-0.4, -0.2) is 37.6 Å². The molecule has 0 aromatic carbocycles. The van der Waals surface area contributed by atoms with E-state index < -0.39 is 0 Å². The van der Waals surface area contributed by atoms with Gasteiger partial charge in [0, 0.05) is 25.6 Å². The smallest absolute Gasteiger partial charge is 0.0216 e. The lowest BCUT2D eigenvalue weighted by atomic mass is 9.94. The van der Waals surface area contributed by atoms with Gasteiger partial charge in [-0.05, 0) is 32.9 Å². The van der Waals surface area contributed by atoms with Gasteiger partial charge in [0.2, 0.25) is 0 Å². The van der Waals surface area contributed by atoms with Crippen LogP contribution < -0.4 is 5.32 Å². The molecule has 1 fully saturated rings. The minimum atomic E-state index is 0.712. The number of piperidine rings is 1. The third-order valence-corrected chi connectivity index (χ3v) is 3.09. The zero-order valence-corrected chi connectivity index (χ0v) is 9.64. The molecule has 1 N–H and O–H groups in total. The van der Waals surface area contributed by atoms with Crippen molar-refractivity contribution in [3.05, 3.63) is 0 Å². The first-order valence-electron chi connectivity index (χ1n) is 5.57. The largest absolute Gasteiger partial charge is 0.317 e. The lowest BCUT2D eigenvalue weighted by molar-refractivity contribution is 0.154. The average molecular weight is 194 g/mol. The fraction of sp³-hybridized carbons (Fsp3) is 0.833. The van der Waals surface area contributed by atoms with Crippen LogP contribution in [0.5, 0.6) is 0 Å². The van der Waals surface area contributed by atoms with Crippen LogP contribution in [-0.2, 0) is 0 Å². The number of nitrogens with one attached hydrogen (secondary N) is 1. The fourth-order valence-corrected chi connectivity index (χ4v) is 2.20. The van der Waals surface area contributed by atoms with E-state index in [-0.39, 0.29) is 0 Å². The summed E-state index contributed by atoms with van der Waals surface area (Å²) in [7, 11) is 2.07. The van der Waals surface area contributed by atoms with Crippen LogP contribution in [0, 0.1) is 17.8 Å². The van der Waals surface area contributed by atoms with E-state index >= 15 is 0 Å². The van der Waals surface area contributed by atoms with Gasteiger partial charge in [0.25, 0.3) is 0 Å². The van der Waals surface area contributed by atoms with Crippen molar-refractivity contribution in [2.45, 2.75) is 32.7 Å². The molecule has 0 bridgehead atoms. The molecule has 0 aromatic rings. The van der Waals surface area contributed by atoms with E-state index in [0.717, 1.165) is 18.9 Å². The van der Waals surface area contributed by atoms with Gasteiger partial charge in [-0.3, -0.25) is 0 Å². The molecule has 80 valence electrons. The van der Waals surface area contributed by atoms with Crippen molar-refractivity contribution < 1.29 is 0 Å². The number of nitrogens with zero attached hydrogens (tertiary/aromatic N) is 1. The summed E-state index contributed by atoms with van der Waals surface area (Å²) in [4.78, 5) is 2.53. The highest BCUT2D eigenvalue weighted by molar-refractivity contribution is 4.96. The van der Waals surface area contributed by atoms with Crippen molar-refractivity contribution in [2.24, 2.45) is 5.92 Å². The molecule has 2 unspecified atom stereocenters. The molecule has 1 heterocycles. The van der Waals surface area contributed by atoms with Crippen LogP contribution in [0.3, 0.4) is 0 Å². The van der Waals surface area contributed by atoms with Gasteiger partial charge in [0.05, 0.1) is 0 Å². The van der Waals surface area contributed by atoms with Gasteiger partial charge in [-0.1, -0.05) is 6.92 Å². The first-order chi connectivity index (χ1) is 6.77. The number of hydrogen-bond acceptors (Lipinski definition) is 2. The molecule has 0 aliphatic carbocycles. The van der Waals surface area contributed by atoms with Gasteiger partial charge < -0.3 is 10.2 Å². The summed E-state index contributed by atoms with van der Waals surface area (Å²) in [6, 6.07) is 0.712. The number of hydrogen-bond donors (Lipinski definition) is 1. The molecular formula is C12H22N2. The van der Waals surface area contributed by atoms with Crippen molar-refractivity contribution in [1.29, 1.82) is 0 Å².